The summed E-state index contributed by atoms with van der Waals surface area (Å²) in [6.45, 7) is 2.14. The first-order valence-corrected chi connectivity index (χ1v) is 13.1. The molecule has 3 aromatic carbocycles. The number of para-hydroxylation sites is 1. The molecule has 0 atom stereocenters. The molecule has 1 aliphatic rings. The monoisotopic (exact) mass is 572 g/mol. The van der Waals surface area contributed by atoms with Crippen molar-refractivity contribution in [2.45, 2.75) is 70.3 Å². The molecule has 1 saturated carbocycles. The van der Waals surface area contributed by atoms with E-state index in [1.165, 1.54) is 30.7 Å². The molecule has 216 valence electrons. The topological polar surface area (TPSA) is 18.5 Å². The average molecular weight is 573 g/mol. The molecule has 4 rings (SSSR count). The first-order chi connectivity index (χ1) is 18.9. The number of hydrogen-bond acceptors (Lipinski definition) is 2. The number of halogens is 8. The van der Waals surface area contributed by atoms with Crippen LogP contribution in [-0.4, -0.2) is 6.36 Å². The zero-order valence-corrected chi connectivity index (χ0v) is 21.6. The number of unbranched alkanes of at least 4 members (excludes halogenated alkanes) is 1. The second kappa shape index (κ2) is 12.1. The Kier molecular flexibility index (Phi) is 8.95. The maximum atomic E-state index is 15.2. The molecule has 0 heterocycles. The molecule has 0 radical (unpaired) electrons. The lowest BCUT2D eigenvalue weighted by Gasteiger charge is -2.29. The summed E-state index contributed by atoms with van der Waals surface area (Å²) in [5.74, 6) is -6.09. The standard InChI is InChI=1S/C30H28F8O2/c1-2-3-6-18-9-11-19(12-10-18)20-13-14-23(24(31)15-20)29(34,35)39-27-8-5-4-7-22(27)21-16-25(32)28(26(33)17-21)40-30(36,37)38/h4-5,7-8,13-19H,2-3,6,9-12H2,1H3/t18-,19-. The summed E-state index contributed by atoms with van der Waals surface area (Å²) in [6, 6.07) is 9.43. The first kappa shape index (κ1) is 29.7. The van der Waals surface area contributed by atoms with Gasteiger partial charge in [-0.15, -0.1) is 13.2 Å². The van der Waals surface area contributed by atoms with Crippen LogP contribution in [0.25, 0.3) is 11.1 Å². The normalized spacial score (nSPS) is 18.0. The molecule has 40 heavy (non-hydrogen) atoms. The van der Waals surface area contributed by atoms with E-state index in [-0.39, 0.29) is 17.0 Å². The summed E-state index contributed by atoms with van der Waals surface area (Å²) in [5, 5.41) is 0. The van der Waals surface area contributed by atoms with Crippen LogP contribution in [0.4, 0.5) is 35.1 Å². The van der Waals surface area contributed by atoms with Crippen LogP contribution in [-0.2, 0) is 6.11 Å². The zero-order chi connectivity index (χ0) is 29.1. The zero-order valence-electron chi connectivity index (χ0n) is 21.6. The molecule has 0 aliphatic heterocycles. The van der Waals surface area contributed by atoms with Crippen molar-refractivity contribution in [3.8, 4) is 22.6 Å². The minimum atomic E-state index is -5.35. The van der Waals surface area contributed by atoms with Gasteiger partial charge in [-0.1, -0.05) is 50.5 Å². The molecule has 0 bridgehead atoms. The predicted octanol–water partition coefficient (Wildman–Crippen LogP) is 10.3. The van der Waals surface area contributed by atoms with Crippen molar-refractivity contribution < 1.29 is 44.6 Å². The molecule has 10 heteroatoms. The van der Waals surface area contributed by atoms with Crippen LogP contribution < -0.4 is 9.47 Å². The smallest absolute Gasteiger partial charge is 0.428 e. The van der Waals surface area contributed by atoms with Crippen molar-refractivity contribution in [1.29, 1.82) is 0 Å². The van der Waals surface area contributed by atoms with Crippen molar-refractivity contribution in [2.24, 2.45) is 5.92 Å². The van der Waals surface area contributed by atoms with E-state index >= 15 is 8.78 Å². The molecule has 0 spiro atoms. The van der Waals surface area contributed by atoms with Gasteiger partial charge in [0.25, 0.3) is 0 Å². The van der Waals surface area contributed by atoms with E-state index in [1.807, 2.05) is 0 Å². The van der Waals surface area contributed by atoms with Gasteiger partial charge in [0, 0.05) is 5.56 Å². The van der Waals surface area contributed by atoms with E-state index in [0.717, 1.165) is 56.7 Å². The highest BCUT2D eigenvalue weighted by molar-refractivity contribution is 5.71. The van der Waals surface area contributed by atoms with Crippen molar-refractivity contribution in [3.63, 3.8) is 0 Å². The molecule has 0 amide bonds. The second-order valence-corrected chi connectivity index (χ2v) is 10.0. The lowest BCUT2D eigenvalue weighted by atomic mass is 9.77. The maximum Gasteiger partial charge on any atom is 0.573 e. The minimum Gasteiger partial charge on any atom is -0.428 e. The Labute approximate surface area is 226 Å². The lowest BCUT2D eigenvalue weighted by molar-refractivity contribution is -0.276. The quantitative estimate of drug-likeness (QED) is 0.238. The Hall–Kier alpha value is -3.30. The van der Waals surface area contributed by atoms with Gasteiger partial charge in [0.15, 0.2) is 11.6 Å². The van der Waals surface area contributed by atoms with E-state index < -0.39 is 47.0 Å². The van der Waals surface area contributed by atoms with Gasteiger partial charge in [0.1, 0.15) is 11.6 Å². The molecule has 0 aromatic heterocycles. The van der Waals surface area contributed by atoms with Gasteiger partial charge in [-0.3, -0.25) is 0 Å². The summed E-state index contributed by atoms with van der Waals surface area (Å²) >= 11 is 0. The Morgan fingerprint density at radius 1 is 0.775 bits per heavy atom. The van der Waals surface area contributed by atoms with E-state index in [4.69, 9.17) is 4.74 Å². The highest BCUT2D eigenvalue weighted by Gasteiger charge is 2.39. The van der Waals surface area contributed by atoms with Crippen LogP contribution in [0.3, 0.4) is 0 Å². The van der Waals surface area contributed by atoms with Crippen LogP contribution in [0.5, 0.6) is 11.5 Å². The van der Waals surface area contributed by atoms with E-state index in [9.17, 15) is 26.3 Å². The number of rotatable bonds is 9. The maximum absolute atomic E-state index is 15.2. The fourth-order valence-electron chi connectivity index (χ4n) is 5.21. The van der Waals surface area contributed by atoms with Crippen LogP contribution in [0, 0.1) is 23.4 Å². The van der Waals surface area contributed by atoms with Gasteiger partial charge in [0.05, 0.1) is 5.56 Å². The van der Waals surface area contributed by atoms with Crippen LogP contribution in [0.2, 0.25) is 0 Å². The van der Waals surface area contributed by atoms with Crippen molar-refractivity contribution >= 4 is 0 Å². The Morgan fingerprint density at radius 2 is 1.43 bits per heavy atom. The summed E-state index contributed by atoms with van der Waals surface area (Å²) in [5.41, 5.74) is -1.02. The first-order valence-electron chi connectivity index (χ1n) is 13.1. The number of ether oxygens (including phenoxy) is 2. The summed E-state index contributed by atoms with van der Waals surface area (Å²) in [7, 11) is 0. The minimum absolute atomic E-state index is 0.0748. The van der Waals surface area contributed by atoms with E-state index in [0.29, 0.717) is 23.6 Å². The third-order valence-corrected chi connectivity index (χ3v) is 7.24. The number of hydrogen-bond donors (Lipinski definition) is 0. The van der Waals surface area contributed by atoms with Gasteiger partial charge >= 0.3 is 12.5 Å². The Morgan fingerprint density at radius 3 is 2.02 bits per heavy atom. The van der Waals surface area contributed by atoms with Crippen LogP contribution >= 0.6 is 0 Å². The Balaban J connectivity index is 1.54. The molecule has 3 aromatic rings. The summed E-state index contributed by atoms with van der Waals surface area (Å²) in [6.07, 6.45) is -2.34. The average Bonchev–Trinajstić information content (AvgIpc) is 2.89. The van der Waals surface area contributed by atoms with Gasteiger partial charge in [-0.05, 0) is 79.0 Å². The van der Waals surface area contributed by atoms with Crippen molar-refractivity contribution in [3.05, 3.63) is 83.2 Å². The largest absolute Gasteiger partial charge is 0.573 e. The van der Waals surface area contributed by atoms with E-state index in [2.05, 4.69) is 11.7 Å². The fourth-order valence-corrected chi connectivity index (χ4v) is 5.21. The molecule has 0 saturated heterocycles. The van der Waals surface area contributed by atoms with Crippen LogP contribution in [0.1, 0.15) is 68.9 Å². The molecular formula is C30H28F8O2. The molecule has 0 unspecified atom stereocenters. The summed E-state index contributed by atoms with van der Waals surface area (Å²) in [4.78, 5) is 0. The van der Waals surface area contributed by atoms with Crippen molar-refractivity contribution in [1.82, 2.24) is 0 Å². The third kappa shape index (κ3) is 7.06. The molecule has 1 fully saturated rings. The van der Waals surface area contributed by atoms with Crippen LogP contribution in [0.15, 0.2) is 54.6 Å². The fraction of sp³-hybridized carbons (Fsp3) is 0.400. The second-order valence-electron chi connectivity index (χ2n) is 10.0. The van der Waals surface area contributed by atoms with Gasteiger partial charge in [-0.2, -0.15) is 8.78 Å². The third-order valence-electron chi connectivity index (χ3n) is 7.24. The van der Waals surface area contributed by atoms with Gasteiger partial charge in [-0.25, -0.2) is 13.2 Å². The number of benzene rings is 3. The molecule has 2 nitrogen and oxygen atoms in total. The molecule has 1 aliphatic carbocycles. The predicted molar refractivity (Wildman–Crippen MR) is 134 cm³/mol. The van der Waals surface area contributed by atoms with E-state index in [1.54, 1.807) is 0 Å². The highest BCUT2D eigenvalue weighted by Crippen LogP contribution is 2.42. The highest BCUT2D eigenvalue weighted by atomic mass is 19.4. The van der Waals surface area contributed by atoms with Gasteiger partial charge in [0.2, 0.25) is 5.75 Å². The Bertz CT molecular complexity index is 1290. The van der Waals surface area contributed by atoms with Crippen molar-refractivity contribution in [2.75, 3.05) is 0 Å². The summed E-state index contributed by atoms with van der Waals surface area (Å²) < 4.78 is 120. The lowest BCUT2D eigenvalue weighted by Crippen LogP contribution is -2.24. The van der Waals surface area contributed by atoms with Gasteiger partial charge < -0.3 is 9.47 Å². The molecular weight excluding hydrogens is 544 g/mol. The number of alkyl halides is 5. The molecule has 0 N–H and O–H groups in total. The SMILES string of the molecule is CCCC[C@H]1CC[C@H](c2ccc(C(F)(F)Oc3ccccc3-c3cc(F)c(OC(F)(F)F)c(F)c3)c(F)c2)CC1.